The Balaban J connectivity index is 1.95. The minimum Gasteiger partial charge on any atom is -0.463 e. The summed E-state index contributed by atoms with van der Waals surface area (Å²) < 4.78 is 73.3. The molecule has 2 saturated heterocycles. The molecule has 3 fully saturated rings. The van der Waals surface area contributed by atoms with Crippen LogP contribution in [0.15, 0.2) is 24.3 Å². The Hall–Kier alpha value is -3.05. The molecule has 1 saturated carbocycles. The lowest BCUT2D eigenvalue weighted by Gasteiger charge is -2.50. The van der Waals surface area contributed by atoms with Gasteiger partial charge in [0.25, 0.3) is 0 Å². The molecule has 0 bridgehead atoms. The number of ether oxygens (including phenoxy) is 8. The van der Waals surface area contributed by atoms with Crippen LogP contribution in [-0.2, 0) is 70.7 Å². The third kappa shape index (κ3) is 47.2. The average Bonchev–Trinajstić information content (AvgIpc) is 0.754. The Bertz CT molecular complexity index is 2490. The number of esters is 4. The van der Waals surface area contributed by atoms with E-state index >= 15 is 0 Å². The summed E-state index contributed by atoms with van der Waals surface area (Å²) >= 11 is 0. The van der Waals surface area contributed by atoms with Crippen molar-refractivity contribution in [2.24, 2.45) is 5.92 Å². The first-order chi connectivity index (χ1) is 55.1. The van der Waals surface area contributed by atoms with Crippen molar-refractivity contribution in [3.63, 3.8) is 0 Å². The number of carbonyl (C=O) groups is 4. The zero-order chi connectivity index (χ0) is 83.4. The summed E-state index contributed by atoms with van der Waals surface area (Å²) in [4.78, 5) is 66.3. The number of aliphatic hydroxyl groups is 9. The number of unbranched alkanes of at least 4 members (excludes halogenated alkanes) is 40. The number of phosphoric ester groups is 1. The van der Waals surface area contributed by atoms with E-state index in [1.54, 1.807) is 0 Å². The van der Waals surface area contributed by atoms with Gasteiger partial charge in [-0.1, -0.05) is 296 Å². The fraction of sp³-hybridized carbons (Fsp3) is 0.909. The highest BCUT2D eigenvalue weighted by molar-refractivity contribution is 7.47. The SMILES string of the molecule is CCCCCCCC/C=C\CCCCCC(=O)OCC(COP(=O)(O)OC1C(OC2OC(CO)C(O)C(O)C2O)C(O)C(O)C(OC(=O)CCCCCCCCC(C)CCCCCCCC)C1OC1OC(COC(=O)CCCCCCCCCCCCCCC)C(O)C(O)C1O)OC(=O)CCCCC/C=C\CCCCCCCC. The highest BCUT2D eigenvalue weighted by Crippen LogP contribution is 2.49. The number of carbonyl (C=O) groups excluding carboxylic acids is 4. The Kier molecular flexibility index (Phi) is 61.5. The molecule has 668 valence electrons. The van der Waals surface area contributed by atoms with Crippen molar-refractivity contribution in [3.8, 4) is 0 Å². The van der Waals surface area contributed by atoms with Crippen molar-refractivity contribution in [2.75, 3.05) is 26.4 Å². The van der Waals surface area contributed by atoms with Crippen LogP contribution in [0.2, 0.25) is 0 Å². The monoisotopic (exact) mass is 1650 g/mol. The van der Waals surface area contributed by atoms with Gasteiger partial charge in [-0.05, 0) is 83.0 Å². The maximum atomic E-state index is 14.9. The van der Waals surface area contributed by atoms with Crippen LogP contribution in [0.4, 0.5) is 0 Å². The van der Waals surface area contributed by atoms with Crippen molar-refractivity contribution in [1.29, 1.82) is 0 Å². The Morgan fingerprint density at radius 2 is 0.711 bits per heavy atom. The second-order valence-electron chi connectivity index (χ2n) is 32.7. The number of phosphoric acid groups is 1. The highest BCUT2D eigenvalue weighted by Gasteiger charge is 2.60. The van der Waals surface area contributed by atoms with Crippen LogP contribution < -0.4 is 0 Å². The highest BCUT2D eigenvalue weighted by atomic mass is 31.2. The van der Waals surface area contributed by atoms with Crippen molar-refractivity contribution in [1.82, 2.24) is 0 Å². The van der Waals surface area contributed by atoms with E-state index in [2.05, 4.69) is 58.9 Å². The molecule has 3 rings (SSSR count). The summed E-state index contributed by atoms with van der Waals surface area (Å²) in [6.07, 6.45) is 23.5. The summed E-state index contributed by atoms with van der Waals surface area (Å²) in [5.41, 5.74) is 0. The fourth-order valence-corrected chi connectivity index (χ4v) is 15.9. The van der Waals surface area contributed by atoms with Crippen LogP contribution in [0.3, 0.4) is 0 Å². The molecule has 0 aromatic heterocycles. The Morgan fingerprint density at radius 3 is 1.14 bits per heavy atom. The van der Waals surface area contributed by atoms with Crippen molar-refractivity contribution in [3.05, 3.63) is 24.3 Å². The van der Waals surface area contributed by atoms with Gasteiger partial charge in [0.1, 0.15) is 92.6 Å². The Labute approximate surface area is 685 Å². The van der Waals surface area contributed by atoms with E-state index in [0.717, 1.165) is 122 Å². The molecule has 0 aromatic rings. The lowest BCUT2D eigenvalue weighted by Crippen LogP contribution is -2.70. The topological polar surface area (TPSA) is 380 Å². The van der Waals surface area contributed by atoms with Crippen LogP contribution in [0.25, 0.3) is 0 Å². The second kappa shape index (κ2) is 66.6. The summed E-state index contributed by atoms with van der Waals surface area (Å²) in [5, 5.41) is 102. The molecule has 25 nitrogen and oxygen atoms in total. The van der Waals surface area contributed by atoms with E-state index < -0.39 is 162 Å². The second-order valence-corrected chi connectivity index (χ2v) is 34.1. The van der Waals surface area contributed by atoms with E-state index in [1.165, 1.54) is 154 Å². The zero-order valence-electron chi connectivity index (χ0n) is 71.0. The predicted molar refractivity (Wildman–Crippen MR) is 439 cm³/mol. The maximum absolute atomic E-state index is 14.9. The predicted octanol–water partition coefficient (Wildman–Crippen LogP) is 16.0. The van der Waals surface area contributed by atoms with Crippen molar-refractivity contribution in [2.45, 2.75) is 479 Å². The molecule has 19 atom stereocenters. The van der Waals surface area contributed by atoms with Crippen LogP contribution in [0.5, 0.6) is 0 Å². The average molecular weight is 1650 g/mol. The number of allylic oxidation sites excluding steroid dienone is 4. The van der Waals surface area contributed by atoms with Gasteiger partial charge in [0, 0.05) is 25.7 Å². The quantitative estimate of drug-likeness (QED) is 0.00889. The molecule has 114 heavy (non-hydrogen) atoms. The van der Waals surface area contributed by atoms with Gasteiger partial charge in [-0.2, -0.15) is 0 Å². The number of aliphatic hydroxyl groups excluding tert-OH is 9. The minimum atomic E-state index is -5.81. The van der Waals surface area contributed by atoms with Gasteiger partial charge in [-0.25, -0.2) is 4.57 Å². The normalized spacial score (nSPS) is 25.7. The summed E-state index contributed by atoms with van der Waals surface area (Å²) in [6.45, 7) is 7.82. The van der Waals surface area contributed by atoms with Gasteiger partial charge in [-0.3, -0.25) is 28.2 Å². The lowest BCUT2D eigenvalue weighted by molar-refractivity contribution is -0.360. The summed E-state index contributed by atoms with van der Waals surface area (Å²) in [7, 11) is -5.81. The maximum Gasteiger partial charge on any atom is 0.472 e. The van der Waals surface area contributed by atoms with Crippen molar-refractivity contribution < 1.29 is 122 Å². The van der Waals surface area contributed by atoms with E-state index in [4.69, 9.17) is 46.9 Å². The standard InChI is InChI=1S/C88H161O25P/c1-6-10-14-18-22-25-28-31-34-37-40-47-53-59-71(90)104-64-68(107-73(92)61-55-49-42-39-36-33-30-27-24-20-16-12-8-3)65-106-114(102,103)113-86-84(111-87-81(100)77(96)75(94)69(63-89)108-87)80(99)79(98)83(110-74(93)62-56-50-44-43-46-52-58-67(5)57-51-45-21-17-13-9-4)85(86)112-88-82(101)78(97)76(95)70(109-88)66-105-72(91)60-54-48-41-38-35-32-29-26-23-19-15-11-7-2/h31,33-34,36,67-70,75-89,94-101H,6-30,32,35,37-66H2,1-5H3,(H,102,103)/b34-31-,36-33-. The molecule has 2 aliphatic heterocycles. The van der Waals surface area contributed by atoms with Gasteiger partial charge >= 0.3 is 31.7 Å². The molecule has 1 aliphatic carbocycles. The lowest BCUT2D eigenvalue weighted by atomic mass is 9.84. The third-order valence-corrected chi connectivity index (χ3v) is 23.3. The molecule has 19 unspecified atom stereocenters. The fourth-order valence-electron chi connectivity index (χ4n) is 15.0. The van der Waals surface area contributed by atoms with Crippen LogP contribution >= 0.6 is 7.82 Å². The minimum absolute atomic E-state index is 0.0105. The number of hydrogen-bond acceptors (Lipinski definition) is 24. The summed E-state index contributed by atoms with van der Waals surface area (Å²) in [5.74, 6) is -2.38. The van der Waals surface area contributed by atoms with Crippen LogP contribution in [0.1, 0.15) is 375 Å². The van der Waals surface area contributed by atoms with Gasteiger partial charge in [0.05, 0.1) is 13.2 Å². The molecule has 3 aliphatic rings. The smallest absolute Gasteiger partial charge is 0.463 e. The molecule has 0 amide bonds. The first kappa shape index (κ1) is 105. The van der Waals surface area contributed by atoms with E-state index in [0.29, 0.717) is 44.4 Å². The summed E-state index contributed by atoms with van der Waals surface area (Å²) in [6, 6.07) is 0. The molecule has 10 N–H and O–H groups in total. The van der Waals surface area contributed by atoms with Gasteiger partial charge in [0.15, 0.2) is 24.8 Å². The molecule has 0 radical (unpaired) electrons. The molecular weight excluding hydrogens is 1490 g/mol. The van der Waals surface area contributed by atoms with Crippen LogP contribution in [0, 0.1) is 5.92 Å². The number of hydrogen-bond donors (Lipinski definition) is 10. The molecule has 26 heteroatoms. The zero-order valence-corrected chi connectivity index (χ0v) is 71.9. The first-order valence-electron chi connectivity index (χ1n) is 45.5. The molecule has 0 spiro atoms. The Morgan fingerprint density at radius 1 is 0.368 bits per heavy atom. The third-order valence-electron chi connectivity index (χ3n) is 22.3. The first-order valence-corrected chi connectivity index (χ1v) is 47.0. The van der Waals surface area contributed by atoms with Gasteiger partial charge < -0.3 is 88.7 Å². The van der Waals surface area contributed by atoms with E-state index in [1.807, 2.05) is 0 Å². The van der Waals surface area contributed by atoms with E-state index in [9.17, 15) is 74.6 Å². The molecule has 0 aromatic carbocycles. The van der Waals surface area contributed by atoms with Crippen LogP contribution in [-0.4, -0.2) is 205 Å². The van der Waals surface area contributed by atoms with E-state index in [-0.39, 0.29) is 25.7 Å². The van der Waals surface area contributed by atoms with Gasteiger partial charge in [0.2, 0.25) is 0 Å². The number of rotatable bonds is 72. The largest absolute Gasteiger partial charge is 0.472 e. The van der Waals surface area contributed by atoms with Gasteiger partial charge in [-0.15, -0.1) is 0 Å². The molecular formula is C88H161O25P. The van der Waals surface area contributed by atoms with Crippen molar-refractivity contribution >= 4 is 31.7 Å². The molecule has 2 heterocycles.